The molecular weight excluding hydrogens is 444 g/mol. The third-order valence-electron chi connectivity index (χ3n) is 8.12. The van der Waals surface area contributed by atoms with Crippen LogP contribution < -0.4 is 4.74 Å². The Balaban J connectivity index is 1.33. The Morgan fingerprint density at radius 2 is 1.39 bits per heavy atom. The zero-order valence-corrected chi connectivity index (χ0v) is 21.9. The maximum Gasteiger partial charge on any atom is 0.119 e. The highest BCUT2D eigenvalue weighted by Crippen LogP contribution is 2.37. The van der Waals surface area contributed by atoms with E-state index in [0.717, 1.165) is 42.4 Å². The molecule has 2 saturated carbocycles. The van der Waals surface area contributed by atoms with Gasteiger partial charge in [0.15, 0.2) is 0 Å². The Kier molecular flexibility index (Phi) is 11.3. The number of halogens is 1. The SMILES string of the molecule is CCCCC[C@H]1CC[C@H](COc2ccc(CC(Br)[C@H]3CC[C@H](CCC)CC3)cc2)CC1. The summed E-state index contributed by atoms with van der Waals surface area (Å²) in [4.78, 5) is 0.620. The lowest BCUT2D eigenvalue weighted by atomic mass is 9.78. The molecule has 1 atom stereocenters. The molecule has 0 spiro atoms. The summed E-state index contributed by atoms with van der Waals surface area (Å²) in [5.74, 6) is 4.65. The molecule has 0 radical (unpaired) electrons. The Morgan fingerprint density at radius 1 is 0.774 bits per heavy atom. The lowest BCUT2D eigenvalue weighted by Crippen LogP contribution is -2.23. The minimum atomic E-state index is 0.620. The van der Waals surface area contributed by atoms with Crippen LogP contribution in [0.2, 0.25) is 0 Å². The normalized spacial score (nSPS) is 27.7. The van der Waals surface area contributed by atoms with E-state index in [4.69, 9.17) is 4.74 Å². The highest BCUT2D eigenvalue weighted by molar-refractivity contribution is 9.09. The van der Waals surface area contributed by atoms with E-state index >= 15 is 0 Å². The Hall–Kier alpha value is -0.500. The second-order valence-corrected chi connectivity index (χ2v) is 11.8. The second-order valence-electron chi connectivity index (χ2n) is 10.6. The quantitative estimate of drug-likeness (QED) is 0.209. The minimum Gasteiger partial charge on any atom is -0.493 e. The molecule has 1 aromatic rings. The number of hydrogen-bond donors (Lipinski definition) is 0. The first kappa shape index (κ1) is 25.1. The van der Waals surface area contributed by atoms with Crippen molar-refractivity contribution in [1.29, 1.82) is 0 Å². The molecule has 0 aromatic heterocycles. The monoisotopic (exact) mass is 490 g/mol. The molecule has 1 unspecified atom stereocenters. The summed E-state index contributed by atoms with van der Waals surface area (Å²) in [6, 6.07) is 8.97. The first-order chi connectivity index (χ1) is 15.2. The average Bonchev–Trinajstić information content (AvgIpc) is 2.80. The van der Waals surface area contributed by atoms with Crippen LogP contribution in [0.5, 0.6) is 5.75 Å². The van der Waals surface area contributed by atoms with Crippen molar-refractivity contribution in [3.63, 3.8) is 0 Å². The fraction of sp³-hybridized carbons (Fsp3) is 0.793. The van der Waals surface area contributed by atoms with Crippen molar-refractivity contribution >= 4 is 15.9 Å². The lowest BCUT2D eigenvalue weighted by Gasteiger charge is -2.31. The van der Waals surface area contributed by atoms with E-state index in [1.54, 1.807) is 0 Å². The number of ether oxygens (including phenoxy) is 1. The third kappa shape index (κ3) is 8.75. The van der Waals surface area contributed by atoms with E-state index in [1.807, 2.05) is 0 Å². The Morgan fingerprint density at radius 3 is 2.03 bits per heavy atom. The molecule has 1 nitrogen and oxygen atoms in total. The van der Waals surface area contributed by atoms with E-state index < -0.39 is 0 Å². The largest absolute Gasteiger partial charge is 0.493 e. The van der Waals surface area contributed by atoms with Gasteiger partial charge in [0, 0.05) is 4.83 Å². The van der Waals surface area contributed by atoms with Crippen molar-refractivity contribution in [3.8, 4) is 5.75 Å². The van der Waals surface area contributed by atoms with Crippen LogP contribution in [0.4, 0.5) is 0 Å². The van der Waals surface area contributed by atoms with Crippen LogP contribution in [0.15, 0.2) is 24.3 Å². The van der Waals surface area contributed by atoms with Gasteiger partial charge in [0.05, 0.1) is 6.61 Å². The standard InChI is InChI=1S/C29H47BrO/c1-3-5-6-8-24-9-11-26(12-10-24)22-31-28-19-15-25(16-20-28)21-29(30)27-17-13-23(7-4-2)14-18-27/h15-16,19-20,23-24,26-27,29H,3-14,17-18,21-22H2,1-2H3/t23-,24-,26-,27-,29?. The van der Waals surface area contributed by atoms with Crippen molar-refractivity contribution in [2.45, 2.75) is 115 Å². The number of benzene rings is 1. The van der Waals surface area contributed by atoms with Crippen molar-refractivity contribution in [2.24, 2.45) is 23.7 Å². The minimum absolute atomic E-state index is 0.620. The maximum atomic E-state index is 6.18. The van der Waals surface area contributed by atoms with Gasteiger partial charge in [0.25, 0.3) is 0 Å². The van der Waals surface area contributed by atoms with Gasteiger partial charge in [-0.05, 0) is 73.5 Å². The van der Waals surface area contributed by atoms with Gasteiger partial charge in [-0.15, -0.1) is 0 Å². The summed E-state index contributed by atoms with van der Waals surface area (Å²) < 4.78 is 6.18. The van der Waals surface area contributed by atoms with Gasteiger partial charge in [0.2, 0.25) is 0 Å². The van der Waals surface area contributed by atoms with Gasteiger partial charge in [-0.1, -0.05) is 106 Å². The van der Waals surface area contributed by atoms with Crippen LogP contribution in [0.1, 0.15) is 109 Å². The van der Waals surface area contributed by atoms with Crippen LogP contribution in [0.3, 0.4) is 0 Å². The predicted octanol–water partition coefficient (Wildman–Crippen LogP) is 9.36. The summed E-state index contributed by atoms with van der Waals surface area (Å²) in [5.41, 5.74) is 1.44. The van der Waals surface area contributed by atoms with Crippen LogP contribution in [-0.4, -0.2) is 11.4 Å². The van der Waals surface area contributed by atoms with Crippen molar-refractivity contribution in [3.05, 3.63) is 29.8 Å². The van der Waals surface area contributed by atoms with E-state index in [2.05, 4.69) is 54.0 Å². The molecule has 2 fully saturated rings. The number of rotatable bonds is 12. The van der Waals surface area contributed by atoms with Gasteiger partial charge in [0.1, 0.15) is 5.75 Å². The van der Waals surface area contributed by atoms with Gasteiger partial charge in [-0.2, -0.15) is 0 Å². The van der Waals surface area contributed by atoms with E-state index in [-0.39, 0.29) is 0 Å². The fourth-order valence-corrected chi connectivity index (χ4v) is 6.85. The summed E-state index contributed by atoms with van der Waals surface area (Å²) in [7, 11) is 0. The molecule has 176 valence electrons. The molecule has 0 heterocycles. The van der Waals surface area contributed by atoms with E-state index in [1.165, 1.54) is 95.5 Å². The van der Waals surface area contributed by atoms with Crippen LogP contribution in [0, 0.1) is 23.7 Å². The molecule has 3 rings (SSSR count). The first-order valence-corrected chi connectivity index (χ1v) is 14.4. The first-order valence-electron chi connectivity index (χ1n) is 13.5. The number of hydrogen-bond acceptors (Lipinski definition) is 1. The Bertz CT molecular complexity index is 581. The topological polar surface area (TPSA) is 9.23 Å². The molecule has 31 heavy (non-hydrogen) atoms. The van der Waals surface area contributed by atoms with E-state index in [9.17, 15) is 0 Å². The summed E-state index contributed by atoms with van der Waals surface area (Å²) >= 11 is 4.03. The molecule has 0 saturated heterocycles. The van der Waals surface area contributed by atoms with Crippen molar-refractivity contribution < 1.29 is 4.74 Å². The van der Waals surface area contributed by atoms with Gasteiger partial charge < -0.3 is 4.74 Å². The lowest BCUT2D eigenvalue weighted by molar-refractivity contribution is 0.177. The van der Waals surface area contributed by atoms with Crippen molar-refractivity contribution in [2.75, 3.05) is 6.61 Å². The number of unbranched alkanes of at least 4 members (excludes halogenated alkanes) is 2. The number of alkyl halides is 1. The van der Waals surface area contributed by atoms with E-state index in [0.29, 0.717) is 4.83 Å². The van der Waals surface area contributed by atoms with Crippen molar-refractivity contribution in [1.82, 2.24) is 0 Å². The predicted molar refractivity (Wildman–Crippen MR) is 138 cm³/mol. The molecule has 2 aliphatic rings. The highest BCUT2D eigenvalue weighted by atomic mass is 79.9. The second kappa shape index (κ2) is 13.9. The third-order valence-corrected chi connectivity index (χ3v) is 9.19. The summed E-state index contributed by atoms with van der Waals surface area (Å²) in [5, 5.41) is 0. The smallest absolute Gasteiger partial charge is 0.119 e. The molecular formula is C29H47BrO. The Labute approximate surface area is 201 Å². The molecule has 0 bridgehead atoms. The zero-order valence-electron chi connectivity index (χ0n) is 20.3. The molecule has 0 amide bonds. The van der Waals surface area contributed by atoms with Gasteiger partial charge in [-0.25, -0.2) is 0 Å². The molecule has 0 aliphatic heterocycles. The maximum absolute atomic E-state index is 6.18. The fourth-order valence-electron chi connectivity index (χ4n) is 5.94. The summed E-state index contributed by atoms with van der Waals surface area (Å²) in [6.45, 7) is 5.54. The van der Waals surface area contributed by atoms with Gasteiger partial charge in [-0.3, -0.25) is 0 Å². The molecule has 0 N–H and O–H groups in total. The van der Waals surface area contributed by atoms with Crippen LogP contribution >= 0.6 is 15.9 Å². The summed E-state index contributed by atoms with van der Waals surface area (Å²) in [6.07, 6.45) is 20.8. The average molecular weight is 492 g/mol. The molecule has 1 aromatic carbocycles. The highest BCUT2D eigenvalue weighted by Gasteiger charge is 2.26. The zero-order chi connectivity index (χ0) is 21.9. The molecule has 2 aliphatic carbocycles. The van der Waals surface area contributed by atoms with Gasteiger partial charge >= 0.3 is 0 Å². The molecule has 2 heteroatoms. The van der Waals surface area contributed by atoms with Crippen LogP contribution in [-0.2, 0) is 6.42 Å². The van der Waals surface area contributed by atoms with Crippen LogP contribution in [0.25, 0.3) is 0 Å².